The molecule has 100 valence electrons. The Balaban J connectivity index is 2.51. The minimum atomic E-state index is 0.128. The van der Waals surface area contributed by atoms with Crippen LogP contribution in [0.25, 0.3) is 0 Å². The quantitative estimate of drug-likeness (QED) is 0.737. The van der Waals surface area contributed by atoms with Gasteiger partial charge in [0.25, 0.3) is 0 Å². The molecule has 18 heavy (non-hydrogen) atoms. The zero-order chi connectivity index (χ0) is 13.5. The molecule has 0 spiro atoms. The first-order valence-electron chi connectivity index (χ1n) is 6.81. The first-order chi connectivity index (χ1) is 8.50. The Morgan fingerprint density at radius 1 is 1.11 bits per heavy atom. The molecule has 0 aliphatic rings. The Morgan fingerprint density at radius 3 is 2.22 bits per heavy atom. The Morgan fingerprint density at radius 2 is 1.72 bits per heavy atom. The van der Waals surface area contributed by atoms with E-state index in [1.54, 1.807) is 0 Å². The van der Waals surface area contributed by atoms with Crippen LogP contribution in [0.3, 0.4) is 0 Å². The molecule has 0 N–H and O–H groups in total. The van der Waals surface area contributed by atoms with Crippen molar-refractivity contribution in [3.8, 4) is 0 Å². The number of hydrogen-bond donors (Lipinski definition) is 0. The number of carbonyl (C=O) groups is 1. The molecule has 0 radical (unpaired) electrons. The van der Waals surface area contributed by atoms with Crippen molar-refractivity contribution in [2.24, 2.45) is 5.92 Å². The van der Waals surface area contributed by atoms with Crippen molar-refractivity contribution in [1.82, 2.24) is 4.90 Å². The van der Waals surface area contributed by atoms with Crippen molar-refractivity contribution in [2.75, 3.05) is 13.1 Å². The molecule has 1 aromatic rings. The van der Waals surface area contributed by atoms with Crippen molar-refractivity contribution in [3.05, 3.63) is 35.9 Å². The minimum absolute atomic E-state index is 0.128. The van der Waals surface area contributed by atoms with Crippen LogP contribution in [0.1, 0.15) is 33.3 Å². The van der Waals surface area contributed by atoms with E-state index in [-0.39, 0.29) is 5.92 Å². The van der Waals surface area contributed by atoms with Crippen LogP contribution in [-0.4, -0.2) is 29.8 Å². The number of rotatable bonds is 7. The molecule has 0 unspecified atom stereocenters. The molecule has 0 saturated heterocycles. The monoisotopic (exact) mass is 247 g/mol. The van der Waals surface area contributed by atoms with Crippen LogP contribution in [0.2, 0.25) is 0 Å². The summed E-state index contributed by atoms with van der Waals surface area (Å²) in [6.45, 7) is 9.76. The van der Waals surface area contributed by atoms with Crippen molar-refractivity contribution < 1.29 is 4.79 Å². The lowest BCUT2D eigenvalue weighted by Gasteiger charge is -2.26. The Kier molecular flexibility index (Phi) is 6.06. The van der Waals surface area contributed by atoms with E-state index in [1.807, 2.05) is 19.9 Å². The van der Waals surface area contributed by atoms with Crippen molar-refractivity contribution in [2.45, 2.75) is 40.2 Å². The van der Waals surface area contributed by atoms with E-state index in [4.69, 9.17) is 0 Å². The van der Waals surface area contributed by atoms with E-state index < -0.39 is 0 Å². The fourth-order valence-electron chi connectivity index (χ4n) is 1.82. The summed E-state index contributed by atoms with van der Waals surface area (Å²) in [4.78, 5) is 14.1. The summed E-state index contributed by atoms with van der Waals surface area (Å²) >= 11 is 0. The highest BCUT2D eigenvalue weighted by Crippen LogP contribution is 2.06. The van der Waals surface area contributed by atoms with Crippen LogP contribution >= 0.6 is 0 Å². The van der Waals surface area contributed by atoms with Gasteiger partial charge in [0.1, 0.15) is 5.78 Å². The van der Waals surface area contributed by atoms with Gasteiger partial charge in [-0.1, -0.05) is 44.2 Å². The topological polar surface area (TPSA) is 20.3 Å². The van der Waals surface area contributed by atoms with Crippen LogP contribution in [-0.2, 0) is 11.2 Å². The maximum atomic E-state index is 11.8. The summed E-state index contributed by atoms with van der Waals surface area (Å²) in [6, 6.07) is 10.9. The van der Waals surface area contributed by atoms with Gasteiger partial charge in [0.2, 0.25) is 0 Å². The SMILES string of the molecule is CC(C)C(=O)CN(CCc1ccccc1)C(C)C. The number of ketones is 1. The number of nitrogens with zero attached hydrogens (tertiary/aromatic N) is 1. The van der Waals surface area contributed by atoms with Crippen LogP contribution < -0.4 is 0 Å². The van der Waals surface area contributed by atoms with Crippen LogP contribution in [0, 0.1) is 5.92 Å². The molecule has 1 aromatic carbocycles. The zero-order valence-electron chi connectivity index (χ0n) is 12.0. The van der Waals surface area contributed by atoms with Crippen molar-refractivity contribution in [1.29, 1.82) is 0 Å². The number of hydrogen-bond acceptors (Lipinski definition) is 2. The average Bonchev–Trinajstić information content (AvgIpc) is 2.34. The highest BCUT2D eigenvalue weighted by atomic mass is 16.1. The molecule has 1 rings (SSSR count). The lowest BCUT2D eigenvalue weighted by atomic mass is 10.1. The van der Waals surface area contributed by atoms with E-state index in [1.165, 1.54) is 5.56 Å². The molecule has 0 aliphatic heterocycles. The molecule has 0 bridgehead atoms. The van der Waals surface area contributed by atoms with Gasteiger partial charge in [0.05, 0.1) is 6.54 Å². The van der Waals surface area contributed by atoms with Crippen LogP contribution in [0.4, 0.5) is 0 Å². The summed E-state index contributed by atoms with van der Waals surface area (Å²) in [7, 11) is 0. The van der Waals surface area contributed by atoms with E-state index in [0.717, 1.165) is 13.0 Å². The van der Waals surface area contributed by atoms with Crippen molar-refractivity contribution >= 4 is 5.78 Å². The second kappa shape index (κ2) is 7.32. The van der Waals surface area contributed by atoms with Gasteiger partial charge in [-0.2, -0.15) is 0 Å². The van der Waals surface area contributed by atoms with Crippen molar-refractivity contribution in [3.63, 3.8) is 0 Å². The molecule has 0 saturated carbocycles. The standard InChI is InChI=1S/C16H25NO/c1-13(2)16(18)12-17(14(3)4)11-10-15-8-6-5-7-9-15/h5-9,13-14H,10-12H2,1-4H3. The third-order valence-electron chi connectivity index (χ3n) is 3.26. The predicted octanol–water partition coefficient (Wildman–Crippen LogP) is 3.16. The van der Waals surface area contributed by atoms with Gasteiger partial charge in [-0.3, -0.25) is 9.69 Å². The molecule has 0 fully saturated rings. The molecule has 0 aromatic heterocycles. The summed E-state index contributed by atoms with van der Waals surface area (Å²) in [5.41, 5.74) is 1.33. The molecular weight excluding hydrogens is 222 g/mol. The fraction of sp³-hybridized carbons (Fsp3) is 0.562. The molecule has 0 aliphatic carbocycles. The normalized spacial score (nSPS) is 11.5. The van der Waals surface area contributed by atoms with E-state index in [2.05, 4.69) is 43.0 Å². The van der Waals surface area contributed by atoms with Gasteiger partial charge in [-0.25, -0.2) is 0 Å². The molecule has 0 atom stereocenters. The van der Waals surface area contributed by atoms with E-state index in [0.29, 0.717) is 18.4 Å². The number of benzene rings is 1. The summed E-state index contributed by atoms with van der Waals surface area (Å²) in [5, 5.41) is 0. The first-order valence-corrected chi connectivity index (χ1v) is 6.81. The lowest BCUT2D eigenvalue weighted by Crippen LogP contribution is -2.38. The third kappa shape index (κ3) is 5.01. The number of carbonyl (C=O) groups excluding carboxylic acids is 1. The van der Waals surface area contributed by atoms with Gasteiger partial charge in [0, 0.05) is 18.5 Å². The Bertz CT molecular complexity index is 357. The number of Topliss-reactive ketones (excluding diaryl/α,β-unsaturated/α-hetero) is 1. The van der Waals surface area contributed by atoms with E-state index in [9.17, 15) is 4.79 Å². The van der Waals surface area contributed by atoms with Gasteiger partial charge < -0.3 is 0 Å². The first kappa shape index (κ1) is 14.9. The minimum Gasteiger partial charge on any atom is -0.298 e. The van der Waals surface area contributed by atoms with E-state index >= 15 is 0 Å². The molecule has 0 heterocycles. The maximum Gasteiger partial charge on any atom is 0.149 e. The average molecular weight is 247 g/mol. The van der Waals surface area contributed by atoms with Crippen LogP contribution in [0.15, 0.2) is 30.3 Å². The Labute approximate surface area is 111 Å². The smallest absolute Gasteiger partial charge is 0.149 e. The largest absolute Gasteiger partial charge is 0.298 e. The van der Waals surface area contributed by atoms with Gasteiger partial charge in [-0.15, -0.1) is 0 Å². The van der Waals surface area contributed by atoms with Gasteiger partial charge >= 0.3 is 0 Å². The fourth-order valence-corrected chi connectivity index (χ4v) is 1.82. The predicted molar refractivity (Wildman–Crippen MR) is 76.7 cm³/mol. The van der Waals surface area contributed by atoms with Gasteiger partial charge in [-0.05, 0) is 25.8 Å². The highest BCUT2D eigenvalue weighted by molar-refractivity contribution is 5.82. The van der Waals surface area contributed by atoms with Crippen LogP contribution in [0.5, 0.6) is 0 Å². The summed E-state index contributed by atoms with van der Waals surface area (Å²) in [5.74, 6) is 0.458. The van der Waals surface area contributed by atoms with Gasteiger partial charge in [0.15, 0.2) is 0 Å². The molecule has 2 nitrogen and oxygen atoms in total. The molecule has 2 heteroatoms. The molecule has 0 amide bonds. The second-order valence-electron chi connectivity index (χ2n) is 5.42. The zero-order valence-corrected chi connectivity index (χ0v) is 12.0. The lowest BCUT2D eigenvalue weighted by molar-refractivity contribution is -0.123. The summed E-state index contributed by atoms with van der Waals surface area (Å²) < 4.78 is 0. The highest BCUT2D eigenvalue weighted by Gasteiger charge is 2.15. The third-order valence-corrected chi connectivity index (χ3v) is 3.26. The maximum absolute atomic E-state index is 11.8. The Hall–Kier alpha value is -1.15. The second-order valence-corrected chi connectivity index (χ2v) is 5.42. The summed E-state index contributed by atoms with van der Waals surface area (Å²) in [6.07, 6.45) is 1.00. The molecular formula is C16H25NO.